The van der Waals surface area contributed by atoms with E-state index in [9.17, 15) is 0 Å². The molecule has 27 heavy (non-hydrogen) atoms. The molecule has 3 rings (SSSR count). The maximum absolute atomic E-state index is 6.00. The summed E-state index contributed by atoms with van der Waals surface area (Å²) in [7, 11) is 4.06. The number of fused-ring (bicyclic) bond motifs is 1. The van der Waals surface area contributed by atoms with Crippen LogP contribution in [0.3, 0.4) is 0 Å². The van der Waals surface area contributed by atoms with Gasteiger partial charge < -0.3 is 20.1 Å². The Hall–Kier alpha value is -2.63. The lowest BCUT2D eigenvalue weighted by Crippen LogP contribution is -2.19. The average Bonchev–Trinajstić information content (AvgIpc) is 2.64. The first-order chi connectivity index (χ1) is 13.0. The Morgan fingerprint density at radius 2 is 1.89 bits per heavy atom. The second-order valence-electron chi connectivity index (χ2n) is 6.90. The maximum Gasteiger partial charge on any atom is 0.219 e. The van der Waals surface area contributed by atoms with Crippen LogP contribution >= 0.6 is 0 Å². The molecule has 0 saturated heterocycles. The highest BCUT2D eigenvalue weighted by Crippen LogP contribution is 2.28. The Bertz CT molecular complexity index is 909. The van der Waals surface area contributed by atoms with Gasteiger partial charge in [0.1, 0.15) is 18.1 Å². The molecule has 0 spiro atoms. The fraction of sp³-hybridized carbons (Fsp3) is 0.318. The molecule has 0 aliphatic rings. The molecule has 1 aromatic heterocycles. The lowest BCUT2D eigenvalue weighted by Gasteiger charge is -2.13. The summed E-state index contributed by atoms with van der Waals surface area (Å²) in [6, 6.07) is 16.0. The SMILES string of the molecule is Cc1cc(OCCN(C)C)ccc1Oc1ccc2cc(CCN)ccc2n1. The van der Waals surface area contributed by atoms with Crippen molar-refractivity contribution in [1.29, 1.82) is 0 Å². The lowest BCUT2D eigenvalue weighted by atomic mass is 10.1. The molecule has 142 valence electrons. The molecule has 5 heteroatoms. The zero-order valence-electron chi connectivity index (χ0n) is 16.2. The number of pyridine rings is 1. The minimum Gasteiger partial charge on any atom is -0.492 e. The number of hydrogen-bond acceptors (Lipinski definition) is 5. The molecule has 0 amide bonds. The van der Waals surface area contributed by atoms with E-state index in [-0.39, 0.29) is 0 Å². The summed E-state index contributed by atoms with van der Waals surface area (Å²) in [5.74, 6) is 2.21. The fourth-order valence-electron chi connectivity index (χ4n) is 2.82. The molecule has 5 nitrogen and oxygen atoms in total. The average molecular weight is 365 g/mol. The predicted octanol–water partition coefficient (Wildman–Crippen LogP) is 3.78. The van der Waals surface area contributed by atoms with Gasteiger partial charge in [-0.3, -0.25) is 0 Å². The first-order valence-corrected chi connectivity index (χ1v) is 9.21. The summed E-state index contributed by atoms with van der Waals surface area (Å²) in [5.41, 5.74) is 8.78. The van der Waals surface area contributed by atoms with Crippen LogP contribution in [-0.4, -0.2) is 43.7 Å². The summed E-state index contributed by atoms with van der Waals surface area (Å²) in [5, 5.41) is 1.09. The van der Waals surface area contributed by atoms with E-state index in [2.05, 4.69) is 22.0 Å². The number of ether oxygens (including phenoxy) is 2. The molecule has 3 aromatic rings. The largest absolute Gasteiger partial charge is 0.492 e. The topological polar surface area (TPSA) is 60.6 Å². The molecule has 0 unspecified atom stereocenters. The molecule has 0 bridgehead atoms. The number of likely N-dealkylation sites (N-methyl/N-ethyl adjacent to an activating group) is 1. The Morgan fingerprint density at radius 1 is 1.04 bits per heavy atom. The third kappa shape index (κ3) is 5.18. The molecule has 2 N–H and O–H groups in total. The maximum atomic E-state index is 6.00. The van der Waals surface area contributed by atoms with Gasteiger partial charge >= 0.3 is 0 Å². The van der Waals surface area contributed by atoms with E-state index in [4.69, 9.17) is 15.2 Å². The van der Waals surface area contributed by atoms with E-state index in [1.54, 1.807) is 0 Å². The highest BCUT2D eigenvalue weighted by atomic mass is 16.5. The molecule has 0 aliphatic carbocycles. The molecule has 0 saturated carbocycles. The standard InChI is InChI=1S/C22H27N3O2/c1-16-14-19(26-13-12-25(2)3)6-8-21(16)27-22-9-5-18-15-17(10-11-23)4-7-20(18)24-22/h4-9,14-15H,10-13,23H2,1-3H3. The molecular formula is C22H27N3O2. The van der Waals surface area contributed by atoms with E-state index in [0.717, 1.165) is 40.9 Å². The van der Waals surface area contributed by atoms with Gasteiger partial charge in [0.25, 0.3) is 0 Å². The van der Waals surface area contributed by atoms with Crippen LogP contribution < -0.4 is 15.2 Å². The van der Waals surface area contributed by atoms with Gasteiger partial charge in [-0.2, -0.15) is 0 Å². The Balaban J connectivity index is 1.71. The van der Waals surface area contributed by atoms with Gasteiger partial charge in [-0.1, -0.05) is 6.07 Å². The fourth-order valence-corrected chi connectivity index (χ4v) is 2.82. The first-order valence-electron chi connectivity index (χ1n) is 9.21. The predicted molar refractivity (Wildman–Crippen MR) is 110 cm³/mol. The van der Waals surface area contributed by atoms with Crippen LogP contribution in [0.15, 0.2) is 48.5 Å². The van der Waals surface area contributed by atoms with Crippen LogP contribution in [0.25, 0.3) is 10.9 Å². The number of aryl methyl sites for hydroxylation is 1. The number of hydrogen-bond donors (Lipinski definition) is 1. The molecule has 1 heterocycles. The molecular weight excluding hydrogens is 338 g/mol. The smallest absolute Gasteiger partial charge is 0.219 e. The Kier molecular flexibility index (Phi) is 6.27. The highest BCUT2D eigenvalue weighted by Gasteiger charge is 2.06. The number of nitrogens with two attached hydrogens (primary N) is 1. The van der Waals surface area contributed by atoms with E-state index in [0.29, 0.717) is 19.0 Å². The summed E-state index contributed by atoms with van der Waals surface area (Å²) in [6.45, 7) is 4.19. The monoisotopic (exact) mass is 365 g/mol. The van der Waals surface area contributed by atoms with Gasteiger partial charge in [0, 0.05) is 18.0 Å². The zero-order chi connectivity index (χ0) is 19.2. The van der Waals surface area contributed by atoms with Crippen molar-refractivity contribution in [3.63, 3.8) is 0 Å². The van der Waals surface area contributed by atoms with Crippen LogP contribution in [0.2, 0.25) is 0 Å². The van der Waals surface area contributed by atoms with Crippen LogP contribution in [0, 0.1) is 6.92 Å². The van der Waals surface area contributed by atoms with E-state index >= 15 is 0 Å². The number of benzene rings is 2. The van der Waals surface area contributed by atoms with Crippen molar-refractivity contribution in [3.8, 4) is 17.4 Å². The molecule has 0 fully saturated rings. The molecule has 2 aromatic carbocycles. The zero-order valence-corrected chi connectivity index (χ0v) is 16.2. The van der Waals surface area contributed by atoms with Crippen molar-refractivity contribution < 1.29 is 9.47 Å². The van der Waals surface area contributed by atoms with E-state index in [1.807, 2.05) is 57.4 Å². The van der Waals surface area contributed by atoms with E-state index < -0.39 is 0 Å². The van der Waals surface area contributed by atoms with Gasteiger partial charge in [0.2, 0.25) is 5.88 Å². The van der Waals surface area contributed by atoms with Crippen molar-refractivity contribution in [1.82, 2.24) is 9.88 Å². The van der Waals surface area contributed by atoms with Crippen molar-refractivity contribution in [2.45, 2.75) is 13.3 Å². The normalized spacial score (nSPS) is 11.1. The summed E-state index contributed by atoms with van der Waals surface area (Å²) in [4.78, 5) is 6.71. The summed E-state index contributed by atoms with van der Waals surface area (Å²) >= 11 is 0. The molecule has 0 radical (unpaired) electrons. The summed E-state index contributed by atoms with van der Waals surface area (Å²) < 4.78 is 11.8. The van der Waals surface area contributed by atoms with E-state index in [1.165, 1.54) is 5.56 Å². The Morgan fingerprint density at radius 3 is 2.63 bits per heavy atom. The first kappa shape index (κ1) is 19.1. The van der Waals surface area contributed by atoms with Crippen LogP contribution in [0.4, 0.5) is 0 Å². The third-order valence-corrected chi connectivity index (χ3v) is 4.33. The number of aromatic nitrogens is 1. The van der Waals surface area contributed by atoms with Crippen LogP contribution in [-0.2, 0) is 6.42 Å². The van der Waals surface area contributed by atoms with Crippen LogP contribution in [0.5, 0.6) is 17.4 Å². The van der Waals surface area contributed by atoms with Gasteiger partial charge in [-0.05, 0) is 81.5 Å². The van der Waals surface area contributed by atoms with Crippen molar-refractivity contribution in [2.75, 3.05) is 33.8 Å². The highest BCUT2D eigenvalue weighted by molar-refractivity contribution is 5.79. The van der Waals surface area contributed by atoms with Crippen molar-refractivity contribution >= 4 is 10.9 Å². The van der Waals surface area contributed by atoms with Gasteiger partial charge in [0.15, 0.2) is 0 Å². The van der Waals surface area contributed by atoms with Crippen molar-refractivity contribution in [2.24, 2.45) is 5.73 Å². The van der Waals surface area contributed by atoms with Crippen LogP contribution in [0.1, 0.15) is 11.1 Å². The van der Waals surface area contributed by atoms with Gasteiger partial charge in [-0.15, -0.1) is 0 Å². The minimum absolute atomic E-state index is 0.582. The lowest BCUT2D eigenvalue weighted by molar-refractivity contribution is 0.261. The van der Waals surface area contributed by atoms with Gasteiger partial charge in [-0.25, -0.2) is 4.98 Å². The second kappa shape index (κ2) is 8.84. The van der Waals surface area contributed by atoms with Gasteiger partial charge in [0.05, 0.1) is 5.52 Å². The number of nitrogens with zero attached hydrogens (tertiary/aromatic N) is 2. The Labute approximate surface area is 160 Å². The molecule has 0 aliphatic heterocycles. The summed E-state index contributed by atoms with van der Waals surface area (Å²) in [6.07, 6.45) is 0.871. The third-order valence-electron chi connectivity index (χ3n) is 4.33. The number of rotatable bonds is 8. The molecule has 0 atom stereocenters. The van der Waals surface area contributed by atoms with Crippen molar-refractivity contribution in [3.05, 3.63) is 59.7 Å². The second-order valence-corrected chi connectivity index (χ2v) is 6.90. The quantitative estimate of drug-likeness (QED) is 0.658. The minimum atomic E-state index is 0.582.